The summed E-state index contributed by atoms with van der Waals surface area (Å²) in [5, 5.41) is 0.952. The van der Waals surface area contributed by atoms with Gasteiger partial charge in [-0.2, -0.15) is 4.98 Å². The summed E-state index contributed by atoms with van der Waals surface area (Å²) in [6.07, 6.45) is 4.81. The van der Waals surface area contributed by atoms with Crippen molar-refractivity contribution in [1.29, 1.82) is 0 Å². The molecule has 2 aromatic carbocycles. The fourth-order valence-electron chi connectivity index (χ4n) is 5.96. The lowest BCUT2D eigenvalue weighted by atomic mass is 9.95. The number of hydrogen-bond acceptors (Lipinski definition) is 6. The number of pyridine rings is 1. The zero-order valence-electron chi connectivity index (χ0n) is 19.4. The zero-order chi connectivity index (χ0) is 23.1. The van der Waals surface area contributed by atoms with E-state index in [4.69, 9.17) is 15.9 Å². The molecule has 4 aromatic rings. The normalized spacial score (nSPS) is 22.3. The second kappa shape index (κ2) is 7.17. The Morgan fingerprint density at radius 1 is 1.03 bits per heavy atom. The lowest BCUT2D eigenvalue weighted by Gasteiger charge is -2.16. The van der Waals surface area contributed by atoms with E-state index in [1.807, 2.05) is 9.47 Å². The maximum Gasteiger partial charge on any atom is 0.298 e. The molecule has 1 aliphatic heterocycles. The van der Waals surface area contributed by atoms with Crippen LogP contribution in [-0.2, 0) is 12.8 Å². The highest BCUT2D eigenvalue weighted by Crippen LogP contribution is 2.41. The number of nitrogens with zero attached hydrogens (tertiary/aromatic N) is 3. The van der Waals surface area contributed by atoms with Crippen LogP contribution in [0.25, 0.3) is 33.1 Å². The number of oxazole rings is 1. The molecule has 174 valence electrons. The zero-order valence-corrected chi connectivity index (χ0v) is 19.4. The van der Waals surface area contributed by atoms with E-state index in [0.29, 0.717) is 23.7 Å². The van der Waals surface area contributed by atoms with Crippen LogP contribution in [0.2, 0.25) is 0 Å². The van der Waals surface area contributed by atoms with Gasteiger partial charge in [0.15, 0.2) is 11.1 Å². The van der Waals surface area contributed by atoms with E-state index < -0.39 is 0 Å². The molecule has 1 saturated carbocycles. The van der Waals surface area contributed by atoms with Crippen molar-refractivity contribution in [2.24, 2.45) is 11.5 Å². The lowest BCUT2D eigenvalue weighted by molar-refractivity contribution is 0.585. The number of anilines is 1. The van der Waals surface area contributed by atoms with E-state index in [-0.39, 0.29) is 23.7 Å². The van der Waals surface area contributed by atoms with Gasteiger partial charge in [-0.25, -0.2) is 0 Å². The molecule has 0 amide bonds. The number of nitrogens with two attached hydrogens (primary N) is 2. The minimum atomic E-state index is -0.0522. The molecule has 2 aromatic heterocycles. The van der Waals surface area contributed by atoms with Crippen molar-refractivity contribution >= 4 is 28.0 Å². The largest absolute Gasteiger partial charge is 0.422 e. The van der Waals surface area contributed by atoms with Crippen LogP contribution in [0.15, 0.2) is 39.5 Å². The van der Waals surface area contributed by atoms with Crippen LogP contribution in [-0.4, -0.2) is 34.7 Å². The molecule has 7 rings (SSSR count). The summed E-state index contributed by atoms with van der Waals surface area (Å²) in [5.41, 5.74) is 20.3. The van der Waals surface area contributed by atoms with Gasteiger partial charge in [0.2, 0.25) is 0 Å². The molecule has 3 aliphatic rings. The molecule has 1 saturated heterocycles. The summed E-state index contributed by atoms with van der Waals surface area (Å²) in [5.74, 6) is 0. The van der Waals surface area contributed by atoms with Crippen LogP contribution < -0.4 is 21.9 Å². The maximum atomic E-state index is 13.7. The molecule has 7 heteroatoms. The molecular formula is C27H29N5O2. The first-order valence-corrected chi connectivity index (χ1v) is 12.3. The van der Waals surface area contributed by atoms with E-state index in [9.17, 15) is 4.79 Å². The van der Waals surface area contributed by atoms with Gasteiger partial charge in [-0.3, -0.25) is 4.79 Å². The van der Waals surface area contributed by atoms with Gasteiger partial charge in [0.25, 0.3) is 11.6 Å². The summed E-state index contributed by atoms with van der Waals surface area (Å²) in [6, 6.07) is 12.0. The summed E-state index contributed by atoms with van der Waals surface area (Å²) in [4.78, 5) is 20.4. The minimum Gasteiger partial charge on any atom is -0.422 e. The number of aromatic nitrogens is 2. The summed E-state index contributed by atoms with van der Waals surface area (Å²) in [7, 11) is 0. The highest BCUT2D eigenvalue weighted by atomic mass is 16.4. The van der Waals surface area contributed by atoms with Gasteiger partial charge >= 0.3 is 0 Å². The maximum absolute atomic E-state index is 13.7. The van der Waals surface area contributed by atoms with Crippen molar-refractivity contribution in [3.8, 4) is 11.1 Å². The third kappa shape index (κ3) is 2.96. The van der Waals surface area contributed by atoms with Crippen LogP contribution in [0.4, 0.5) is 6.01 Å². The van der Waals surface area contributed by atoms with E-state index >= 15 is 0 Å². The predicted molar refractivity (Wildman–Crippen MR) is 134 cm³/mol. The molecule has 2 atom stereocenters. The fourth-order valence-corrected chi connectivity index (χ4v) is 5.96. The van der Waals surface area contributed by atoms with E-state index in [0.717, 1.165) is 60.7 Å². The number of fused-ring (bicyclic) bond motifs is 4. The number of aryl methyl sites for hydroxylation is 1. The van der Waals surface area contributed by atoms with Crippen molar-refractivity contribution in [3.05, 3.63) is 57.4 Å². The Bertz CT molecular complexity index is 1530. The first-order valence-electron chi connectivity index (χ1n) is 12.3. The number of rotatable bonds is 3. The van der Waals surface area contributed by atoms with Crippen molar-refractivity contribution in [2.45, 2.75) is 57.2 Å². The standard InChI is InChI=1S/C27H29N5O2/c1-14-21(16-3-2-15-11-19(29)12-17(15)10-16)6-7-22-24(14)32(20-4-5-20)26(33)23-25(22)34-27(30-23)31-9-8-18(28)13-31/h2-3,6-7,10,18-20H,4-5,8-9,11-13,28-29H2,1H3. The predicted octanol–water partition coefficient (Wildman–Crippen LogP) is 3.42. The minimum absolute atomic E-state index is 0.0522. The van der Waals surface area contributed by atoms with Gasteiger partial charge in [-0.1, -0.05) is 24.3 Å². The monoisotopic (exact) mass is 455 g/mol. The Morgan fingerprint density at radius 2 is 1.85 bits per heavy atom. The van der Waals surface area contributed by atoms with Crippen molar-refractivity contribution < 1.29 is 4.42 Å². The topological polar surface area (TPSA) is 103 Å². The molecule has 2 fully saturated rings. The molecule has 0 bridgehead atoms. The first kappa shape index (κ1) is 20.2. The van der Waals surface area contributed by atoms with Crippen molar-refractivity contribution in [3.63, 3.8) is 0 Å². The van der Waals surface area contributed by atoms with E-state index in [2.05, 4.69) is 42.2 Å². The smallest absolute Gasteiger partial charge is 0.298 e. The number of hydrogen-bond donors (Lipinski definition) is 2. The molecule has 7 nitrogen and oxygen atoms in total. The lowest BCUT2D eigenvalue weighted by Crippen LogP contribution is -2.26. The molecule has 4 N–H and O–H groups in total. The van der Waals surface area contributed by atoms with Crippen molar-refractivity contribution in [2.75, 3.05) is 18.0 Å². The van der Waals surface area contributed by atoms with Crippen LogP contribution in [0.3, 0.4) is 0 Å². The Hall–Kier alpha value is -3.16. The Kier molecular flexibility index (Phi) is 4.27. The average Bonchev–Trinajstić information content (AvgIpc) is 3.21. The molecule has 2 aliphatic carbocycles. The molecule has 3 heterocycles. The van der Waals surface area contributed by atoms with Gasteiger partial charge in [0.05, 0.1) is 5.52 Å². The highest BCUT2D eigenvalue weighted by Gasteiger charge is 2.31. The Balaban J connectivity index is 1.45. The van der Waals surface area contributed by atoms with Gasteiger partial charge in [0.1, 0.15) is 0 Å². The van der Waals surface area contributed by atoms with Crippen LogP contribution in [0.5, 0.6) is 0 Å². The fraction of sp³-hybridized carbons (Fsp3) is 0.407. The molecule has 0 spiro atoms. The Labute approximate surface area is 197 Å². The summed E-state index contributed by atoms with van der Waals surface area (Å²) < 4.78 is 8.23. The third-order valence-corrected chi connectivity index (χ3v) is 7.84. The average molecular weight is 456 g/mol. The summed E-state index contributed by atoms with van der Waals surface area (Å²) >= 11 is 0. The van der Waals surface area contributed by atoms with Crippen LogP contribution >= 0.6 is 0 Å². The van der Waals surface area contributed by atoms with Gasteiger partial charge in [-0.05, 0) is 72.9 Å². The van der Waals surface area contributed by atoms with Gasteiger partial charge in [0, 0.05) is 36.6 Å². The molecular weight excluding hydrogens is 426 g/mol. The van der Waals surface area contributed by atoms with Gasteiger partial charge < -0.3 is 25.4 Å². The molecule has 2 unspecified atom stereocenters. The molecule has 0 radical (unpaired) electrons. The SMILES string of the molecule is Cc1c(-c2ccc3c(c2)CC(N)C3)ccc2c3oc(N4CCC(N)C4)nc3c(=O)n(C3CC3)c12. The highest BCUT2D eigenvalue weighted by molar-refractivity contribution is 6.04. The van der Waals surface area contributed by atoms with Gasteiger partial charge in [-0.15, -0.1) is 0 Å². The first-order chi connectivity index (χ1) is 16.5. The van der Waals surface area contributed by atoms with E-state index in [1.165, 1.54) is 16.7 Å². The van der Waals surface area contributed by atoms with Crippen LogP contribution in [0, 0.1) is 6.92 Å². The second-order valence-electron chi connectivity index (χ2n) is 10.4. The van der Waals surface area contributed by atoms with E-state index in [1.54, 1.807) is 0 Å². The van der Waals surface area contributed by atoms with Crippen LogP contribution in [0.1, 0.15) is 42.0 Å². The second-order valence-corrected chi connectivity index (χ2v) is 10.4. The Morgan fingerprint density at radius 3 is 2.62 bits per heavy atom. The van der Waals surface area contributed by atoms with Crippen molar-refractivity contribution in [1.82, 2.24) is 9.55 Å². The quantitative estimate of drug-likeness (QED) is 0.491. The number of benzene rings is 2. The summed E-state index contributed by atoms with van der Waals surface area (Å²) in [6.45, 7) is 3.62. The third-order valence-electron chi connectivity index (χ3n) is 7.84. The molecule has 34 heavy (non-hydrogen) atoms.